The molecule has 0 saturated heterocycles. The van der Waals surface area contributed by atoms with Gasteiger partial charge in [-0.2, -0.15) is 0 Å². The Hall–Kier alpha value is -3.71. The Bertz CT molecular complexity index is 1120. The lowest BCUT2D eigenvalue weighted by Gasteiger charge is -2.15. The summed E-state index contributed by atoms with van der Waals surface area (Å²) in [6.45, 7) is 3.71. The van der Waals surface area contributed by atoms with Gasteiger partial charge in [0.2, 0.25) is 5.91 Å². The second-order valence-electron chi connectivity index (χ2n) is 7.41. The van der Waals surface area contributed by atoms with Crippen LogP contribution in [0.25, 0.3) is 0 Å². The smallest absolute Gasteiger partial charge is 0.262 e. The normalized spacial score (nSPS) is 10.3. The maximum Gasteiger partial charge on any atom is 0.262 e. The summed E-state index contributed by atoms with van der Waals surface area (Å²) >= 11 is 6.44. The third kappa shape index (κ3) is 7.15. The molecule has 0 aromatic heterocycles. The number of hydrogen-bond donors (Lipinski definition) is 3. The summed E-state index contributed by atoms with van der Waals surface area (Å²) in [5.74, 6) is 0.445. The van der Waals surface area contributed by atoms with Crippen LogP contribution in [0.4, 0.5) is 17.1 Å². The largest absolute Gasteiger partial charge is 0.493 e. The molecule has 0 bridgehead atoms. The van der Waals surface area contributed by atoms with Crippen molar-refractivity contribution in [2.75, 3.05) is 29.7 Å². The van der Waals surface area contributed by atoms with Crippen LogP contribution in [0.5, 0.6) is 11.5 Å². The predicted molar refractivity (Wildman–Crippen MR) is 131 cm³/mol. The van der Waals surface area contributed by atoms with Gasteiger partial charge < -0.3 is 25.4 Å². The van der Waals surface area contributed by atoms with Gasteiger partial charge in [-0.15, -0.1) is 0 Å². The second kappa shape index (κ2) is 11.2. The van der Waals surface area contributed by atoms with Crippen molar-refractivity contribution in [1.82, 2.24) is 0 Å². The van der Waals surface area contributed by atoms with Crippen molar-refractivity contribution >= 4 is 40.5 Å². The Morgan fingerprint density at radius 1 is 0.879 bits per heavy atom. The van der Waals surface area contributed by atoms with E-state index in [1.54, 1.807) is 12.1 Å². The SMILES string of the molecule is COc1cc(CNc2ccc(NC(C)=O)cc2)c(Cl)cc1OCC(=O)Nc1ccc(C)cc1. The summed E-state index contributed by atoms with van der Waals surface area (Å²) < 4.78 is 11.1. The minimum atomic E-state index is -0.287. The van der Waals surface area contributed by atoms with Gasteiger partial charge in [0.25, 0.3) is 5.91 Å². The minimum Gasteiger partial charge on any atom is -0.493 e. The molecule has 0 aliphatic rings. The Balaban J connectivity index is 1.59. The standard InChI is InChI=1S/C25H26ClN3O4/c1-16-4-6-21(7-5-16)29-25(31)15-33-24-13-22(26)18(12-23(24)32-3)14-27-19-8-10-20(11-9-19)28-17(2)30/h4-13,27H,14-15H2,1-3H3,(H,28,30)(H,29,31). The number of methoxy groups -OCH3 is 1. The van der Waals surface area contributed by atoms with Crippen LogP contribution in [0.15, 0.2) is 60.7 Å². The lowest BCUT2D eigenvalue weighted by Crippen LogP contribution is -2.20. The zero-order valence-electron chi connectivity index (χ0n) is 18.7. The molecule has 172 valence electrons. The monoisotopic (exact) mass is 467 g/mol. The third-order valence-electron chi connectivity index (χ3n) is 4.71. The lowest BCUT2D eigenvalue weighted by atomic mass is 10.2. The molecule has 0 atom stereocenters. The highest BCUT2D eigenvalue weighted by atomic mass is 35.5. The zero-order valence-corrected chi connectivity index (χ0v) is 19.5. The first-order valence-electron chi connectivity index (χ1n) is 10.3. The fourth-order valence-corrected chi connectivity index (χ4v) is 3.25. The summed E-state index contributed by atoms with van der Waals surface area (Å²) in [4.78, 5) is 23.3. The highest BCUT2D eigenvalue weighted by Crippen LogP contribution is 2.34. The molecule has 0 fully saturated rings. The Morgan fingerprint density at radius 3 is 2.12 bits per heavy atom. The molecule has 3 aromatic carbocycles. The van der Waals surface area contributed by atoms with Gasteiger partial charge in [0.15, 0.2) is 18.1 Å². The van der Waals surface area contributed by atoms with E-state index in [9.17, 15) is 9.59 Å². The highest BCUT2D eigenvalue weighted by molar-refractivity contribution is 6.31. The van der Waals surface area contributed by atoms with Crippen molar-refractivity contribution in [3.8, 4) is 11.5 Å². The zero-order chi connectivity index (χ0) is 23.8. The van der Waals surface area contributed by atoms with Crippen molar-refractivity contribution in [1.29, 1.82) is 0 Å². The molecule has 2 amide bonds. The second-order valence-corrected chi connectivity index (χ2v) is 7.82. The molecule has 0 saturated carbocycles. The van der Waals surface area contributed by atoms with Gasteiger partial charge in [-0.25, -0.2) is 0 Å². The summed E-state index contributed by atoms with van der Waals surface area (Å²) in [7, 11) is 1.53. The van der Waals surface area contributed by atoms with Gasteiger partial charge in [0.05, 0.1) is 7.11 Å². The number of carbonyl (C=O) groups excluding carboxylic acids is 2. The van der Waals surface area contributed by atoms with Crippen LogP contribution in [0.1, 0.15) is 18.1 Å². The number of nitrogens with one attached hydrogen (secondary N) is 3. The number of rotatable bonds is 9. The van der Waals surface area contributed by atoms with Gasteiger partial charge >= 0.3 is 0 Å². The van der Waals surface area contributed by atoms with Gasteiger partial charge in [0, 0.05) is 41.6 Å². The molecule has 0 heterocycles. The fraction of sp³-hybridized carbons (Fsp3) is 0.200. The Morgan fingerprint density at radius 2 is 1.48 bits per heavy atom. The van der Waals surface area contributed by atoms with Crippen molar-refractivity contribution in [2.24, 2.45) is 0 Å². The van der Waals surface area contributed by atoms with Gasteiger partial charge in [-0.1, -0.05) is 29.3 Å². The van der Waals surface area contributed by atoms with E-state index in [1.165, 1.54) is 14.0 Å². The van der Waals surface area contributed by atoms with Crippen LogP contribution < -0.4 is 25.4 Å². The molecule has 33 heavy (non-hydrogen) atoms. The summed E-state index contributed by atoms with van der Waals surface area (Å²) in [5.41, 5.74) is 4.20. The number of aryl methyl sites for hydroxylation is 1. The van der Waals surface area contributed by atoms with Crippen molar-refractivity contribution in [3.05, 3.63) is 76.8 Å². The number of carbonyl (C=O) groups is 2. The number of halogens is 1. The average molecular weight is 468 g/mol. The van der Waals surface area contributed by atoms with Crippen LogP contribution in [-0.2, 0) is 16.1 Å². The minimum absolute atomic E-state index is 0.121. The number of amides is 2. The van der Waals surface area contributed by atoms with E-state index < -0.39 is 0 Å². The van der Waals surface area contributed by atoms with E-state index in [-0.39, 0.29) is 18.4 Å². The van der Waals surface area contributed by atoms with E-state index in [1.807, 2.05) is 55.5 Å². The van der Waals surface area contributed by atoms with Crippen LogP contribution in [-0.4, -0.2) is 25.5 Å². The first-order chi connectivity index (χ1) is 15.8. The topological polar surface area (TPSA) is 88.7 Å². The van der Waals surface area contributed by atoms with Gasteiger partial charge in [-0.05, 0) is 55.0 Å². The summed E-state index contributed by atoms with van der Waals surface area (Å²) in [5, 5.41) is 9.27. The fourth-order valence-electron chi connectivity index (χ4n) is 3.03. The van der Waals surface area contributed by atoms with Gasteiger partial charge in [0.1, 0.15) is 0 Å². The van der Waals surface area contributed by atoms with E-state index in [4.69, 9.17) is 21.1 Å². The van der Waals surface area contributed by atoms with Crippen LogP contribution in [0.3, 0.4) is 0 Å². The molecule has 0 unspecified atom stereocenters. The van der Waals surface area contributed by atoms with Crippen molar-refractivity contribution in [3.63, 3.8) is 0 Å². The number of hydrogen-bond acceptors (Lipinski definition) is 5. The first-order valence-corrected chi connectivity index (χ1v) is 10.7. The summed E-state index contributed by atoms with van der Waals surface area (Å²) in [6, 6.07) is 18.3. The number of ether oxygens (including phenoxy) is 2. The first kappa shape index (κ1) is 23.9. The maximum atomic E-state index is 12.2. The highest BCUT2D eigenvalue weighted by Gasteiger charge is 2.13. The molecule has 8 heteroatoms. The Labute approximate surface area is 198 Å². The molecule has 3 N–H and O–H groups in total. The van der Waals surface area contributed by atoms with E-state index in [2.05, 4.69) is 16.0 Å². The van der Waals surface area contributed by atoms with E-state index >= 15 is 0 Å². The molecular weight excluding hydrogens is 442 g/mol. The quantitative estimate of drug-likeness (QED) is 0.400. The molecular formula is C25H26ClN3O4. The van der Waals surface area contributed by atoms with Crippen molar-refractivity contribution < 1.29 is 19.1 Å². The Kier molecular flexibility index (Phi) is 8.16. The summed E-state index contributed by atoms with van der Waals surface area (Å²) in [6.07, 6.45) is 0. The number of anilines is 3. The molecule has 0 spiro atoms. The lowest BCUT2D eigenvalue weighted by molar-refractivity contribution is -0.118. The van der Waals surface area contributed by atoms with Crippen LogP contribution >= 0.6 is 11.6 Å². The number of benzene rings is 3. The average Bonchev–Trinajstić information content (AvgIpc) is 2.79. The maximum absolute atomic E-state index is 12.2. The molecule has 3 aromatic rings. The molecule has 7 nitrogen and oxygen atoms in total. The van der Waals surface area contributed by atoms with Gasteiger partial charge in [-0.3, -0.25) is 9.59 Å². The molecule has 0 aliphatic heterocycles. The predicted octanol–water partition coefficient (Wildman–Crippen LogP) is 5.25. The van der Waals surface area contributed by atoms with E-state index in [0.717, 1.165) is 22.5 Å². The third-order valence-corrected chi connectivity index (χ3v) is 5.07. The van der Waals surface area contributed by atoms with Crippen LogP contribution in [0.2, 0.25) is 5.02 Å². The van der Waals surface area contributed by atoms with Crippen molar-refractivity contribution in [2.45, 2.75) is 20.4 Å². The molecule has 0 radical (unpaired) electrons. The molecule has 0 aliphatic carbocycles. The molecule has 3 rings (SSSR count). The van der Waals surface area contributed by atoms with Crippen LogP contribution in [0, 0.1) is 6.92 Å². The van der Waals surface area contributed by atoms with E-state index in [0.29, 0.717) is 28.8 Å².